The number of aliphatic hydroxyl groups excluding tert-OH is 1. The summed E-state index contributed by atoms with van der Waals surface area (Å²) in [4.78, 5) is 34.8. The fraction of sp³-hybridized carbons (Fsp3) is 0.721. The van der Waals surface area contributed by atoms with E-state index in [0.29, 0.717) is 12.8 Å². The van der Waals surface area contributed by atoms with Crippen LogP contribution in [0.15, 0.2) is 60.8 Å². The molecule has 0 radical (unpaired) electrons. The van der Waals surface area contributed by atoms with Gasteiger partial charge in [-0.05, 0) is 90.4 Å². The lowest BCUT2D eigenvalue weighted by Gasteiger charge is -2.19. The van der Waals surface area contributed by atoms with Crippen molar-refractivity contribution >= 4 is 19.8 Å². The highest BCUT2D eigenvalue weighted by molar-refractivity contribution is 7.47. The zero-order valence-corrected chi connectivity index (χ0v) is 34.7. The van der Waals surface area contributed by atoms with E-state index in [-0.39, 0.29) is 38.7 Å². The van der Waals surface area contributed by atoms with Crippen LogP contribution in [0, 0.1) is 0 Å². The van der Waals surface area contributed by atoms with Crippen LogP contribution in [0.4, 0.5) is 0 Å². The van der Waals surface area contributed by atoms with Crippen molar-refractivity contribution in [2.24, 2.45) is 5.73 Å². The van der Waals surface area contributed by atoms with Crippen molar-refractivity contribution in [3.63, 3.8) is 0 Å². The minimum absolute atomic E-state index is 0.0381. The van der Waals surface area contributed by atoms with E-state index in [2.05, 4.69) is 61.6 Å². The van der Waals surface area contributed by atoms with Crippen LogP contribution in [-0.2, 0) is 32.7 Å². The molecular weight excluding hydrogens is 705 g/mol. The molecule has 0 saturated heterocycles. The molecule has 10 nitrogen and oxygen atoms in total. The summed E-state index contributed by atoms with van der Waals surface area (Å²) in [6.45, 7) is 3.18. The van der Waals surface area contributed by atoms with Gasteiger partial charge >= 0.3 is 19.8 Å². The van der Waals surface area contributed by atoms with Gasteiger partial charge in [0.15, 0.2) is 6.10 Å². The van der Waals surface area contributed by atoms with Crippen LogP contribution in [0.3, 0.4) is 0 Å². The molecule has 0 amide bonds. The van der Waals surface area contributed by atoms with Crippen LogP contribution in [0.2, 0.25) is 0 Å². The van der Waals surface area contributed by atoms with Gasteiger partial charge < -0.3 is 25.2 Å². The summed E-state index contributed by atoms with van der Waals surface area (Å²) in [6.07, 6.45) is 42.4. The number of allylic oxidation sites excluding steroid dienone is 10. The average Bonchev–Trinajstić information content (AvgIpc) is 3.14. The van der Waals surface area contributed by atoms with Crippen molar-refractivity contribution in [3.05, 3.63) is 60.8 Å². The molecule has 11 heteroatoms. The smallest absolute Gasteiger partial charge is 0.462 e. The Balaban J connectivity index is 4.29. The fourth-order valence-electron chi connectivity index (χ4n) is 5.29. The summed E-state index contributed by atoms with van der Waals surface area (Å²) in [5.74, 6) is -0.920. The minimum atomic E-state index is -4.40. The Kier molecular flexibility index (Phi) is 37.2. The highest BCUT2D eigenvalue weighted by Gasteiger charge is 2.25. The first-order chi connectivity index (χ1) is 26.2. The molecule has 3 atom stereocenters. The quantitative estimate of drug-likeness (QED) is 0.0239. The van der Waals surface area contributed by atoms with Gasteiger partial charge in [0, 0.05) is 19.4 Å². The SMILES string of the molecule is CCCCCC/C=C\CCCCCCCCCC(=O)O[C@H](COC(=O)CCC/C=C\C/C=C\C/C=C\C/C=C\CCC[C@@H](C)O)COP(=O)(O)OCCN. The van der Waals surface area contributed by atoms with E-state index in [0.717, 1.165) is 70.6 Å². The van der Waals surface area contributed by atoms with E-state index in [9.17, 15) is 24.2 Å². The predicted molar refractivity (Wildman–Crippen MR) is 221 cm³/mol. The number of phosphoric ester groups is 1. The second kappa shape index (κ2) is 38.9. The summed E-state index contributed by atoms with van der Waals surface area (Å²) >= 11 is 0. The topological polar surface area (TPSA) is 155 Å². The molecule has 0 aromatic carbocycles. The number of phosphoric acid groups is 1. The van der Waals surface area contributed by atoms with Gasteiger partial charge in [0.05, 0.1) is 19.3 Å². The number of unbranched alkanes of at least 4 members (excludes halogenated alkanes) is 13. The molecule has 4 N–H and O–H groups in total. The van der Waals surface area contributed by atoms with Crippen molar-refractivity contribution in [2.75, 3.05) is 26.4 Å². The maximum atomic E-state index is 12.6. The zero-order valence-electron chi connectivity index (χ0n) is 33.8. The molecule has 1 unspecified atom stereocenters. The number of rotatable bonds is 38. The van der Waals surface area contributed by atoms with Gasteiger partial charge in [-0.1, -0.05) is 119 Å². The third-order valence-corrected chi connectivity index (χ3v) is 9.38. The Hall–Kier alpha value is -2.33. The normalized spacial score (nSPS) is 14.5. The number of hydrogen-bond acceptors (Lipinski definition) is 9. The third-order valence-electron chi connectivity index (χ3n) is 8.39. The number of carbonyl (C=O) groups is 2. The lowest BCUT2D eigenvalue weighted by atomic mass is 10.1. The molecule has 0 bridgehead atoms. The standard InChI is InChI=1S/C43H76NO9P/c1-3-4-5-6-7-8-9-10-12-17-20-23-26-29-32-35-43(47)53-41(39-52-54(48,49)51-37-36-44)38-50-42(46)34-31-28-25-22-19-16-14-11-13-15-18-21-24-27-30-33-40(2)45/h8-9,13-16,21-22,24-25,40-41,45H,3-7,10-12,17-20,23,26-39,44H2,1-2H3,(H,48,49)/b9-8-,15-13-,16-14-,24-21-,25-22-/t40-,41-/m1/s1. The summed E-state index contributed by atoms with van der Waals surface area (Å²) in [5, 5.41) is 9.26. The molecule has 0 aliphatic rings. The van der Waals surface area contributed by atoms with E-state index in [1.165, 1.54) is 51.4 Å². The number of ether oxygens (including phenoxy) is 2. The molecule has 0 heterocycles. The molecule has 0 aliphatic heterocycles. The third kappa shape index (κ3) is 39.4. The van der Waals surface area contributed by atoms with Gasteiger partial charge in [-0.3, -0.25) is 18.6 Å². The van der Waals surface area contributed by atoms with Crippen molar-refractivity contribution < 1.29 is 42.7 Å². The van der Waals surface area contributed by atoms with Gasteiger partial charge in [0.1, 0.15) is 6.61 Å². The van der Waals surface area contributed by atoms with Crippen LogP contribution in [0.5, 0.6) is 0 Å². The van der Waals surface area contributed by atoms with Gasteiger partial charge in [-0.2, -0.15) is 0 Å². The maximum absolute atomic E-state index is 12.6. The summed E-state index contributed by atoms with van der Waals surface area (Å²) in [6, 6.07) is 0. The zero-order chi connectivity index (χ0) is 39.8. The van der Waals surface area contributed by atoms with Gasteiger partial charge in [-0.25, -0.2) is 4.57 Å². The Bertz CT molecular complexity index is 1090. The number of carbonyl (C=O) groups excluding carboxylic acids is 2. The van der Waals surface area contributed by atoms with Crippen molar-refractivity contribution in [3.8, 4) is 0 Å². The average molecular weight is 782 g/mol. The molecule has 0 aliphatic carbocycles. The van der Waals surface area contributed by atoms with Crippen LogP contribution >= 0.6 is 7.82 Å². The Morgan fingerprint density at radius 3 is 1.69 bits per heavy atom. The van der Waals surface area contributed by atoms with Gasteiger partial charge in [0.25, 0.3) is 0 Å². The van der Waals surface area contributed by atoms with Gasteiger partial charge in [0.2, 0.25) is 0 Å². The number of nitrogens with two attached hydrogens (primary N) is 1. The molecule has 0 aromatic rings. The molecule has 0 saturated carbocycles. The van der Waals surface area contributed by atoms with Gasteiger partial charge in [-0.15, -0.1) is 0 Å². The summed E-state index contributed by atoms with van der Waals surface area (Å²) in [5.41, 5.74) is 5.33. The van der Waals surface area contributed by atoms with Crippen LogP contribution < -0.4 is 5.73 Å². The summed E-state index contributed by atoms with van der Waals surface area (Å²) < 4.78 is 32.6. The molecule has 54 heavy (non-hydrogen) atoms. The number of aliphatic hydroxyl groups is 1. The van der Waals surface area contributed by atoms with Crippen LogP contribution in [0.1, 0.15) is 162 Å². The second-order valence-corrected chi connectivity index (χ2v) is 15.2. The molecule has 0 fully saturated rings. The first-order valence-electron chi connectivity index (χ1n) is 20.8. The number of esters is 2. The van der Waals surface area contributed by atoms with Crippen LogP contribution in [0.25, 0.3) is 0 Å². The van der Waals surface area contributed by atoms with E-state index in [1.807, 2.05) is 13.0 Å². The molecule has 0 aromatic heterocycles. The van der Waals surface area contributed by atoms with Crippen molar-refractivity contribution in [1.29, 1.82) is 0 Å². The largest absolute Gasteiger partial charge is 0.472 e. The lowest BCUT2D eigenvalue weighted by molar-refractivity contribution is -0.161. The second-order valence-electron chi connectivity index (χ2n) is 13.8. The van der Waals surface area contributed by atoms with E-state index >= 15 is 0 Å². The first-order valence-corrected chi connectivity index (χ1v) is 22.3. The molecule has 0 rings (SSSR count). The van der Waals surface area contributed by atoms with E-state index in [1.54, 1.807) is 0 Å². The summed E-state index contributed by atoms with van der Waals surface area (Å²) in [7, 11) is -4.40. The monoisotopic (exact) mass is 782 g/mol. The Morgan fingerprint density at radius 2 is 1.11 bits per heavy atom. The van der Waals surface area contributed by atoms with E-state index in [4.69, 9.17) is 24.3 Å². The number of hydrogen-bond donors (Lipinski definition) is 3. The maximum Gasteiger partial charge on any atom is 0.472 e. The predicted octanol–water partition coefficient (Wildman–Crippen LogP) is 10.7. The minimum Gasteiger partial charge on any atom is -0.462 e. The van der Waals surface area contributed by atoms with Crippen molar-refractivity contribution in [1.82, 2.24) is 0 Å². The van der Waals surface area contributed by atoms with Crippen LogP contribution in [-0.4, -0.2) is 60.5 Å². The molecule has 0 spiro atoms. The Labute approximate surface area is 328 Å². The highest BCUT2D eigenvalue weighted by Crippen LogP contribution is 2.43. The lowest BCUT2D eigenvalue weighted by Crippen LogP contribution is -2.29. The highest BCUT2D eigenvalue weighted by atomic mass is 31.2. The first kappa shape index (κ1) is 51.7. The molecule has 312 valence electrons. The fourth-order valence-corrected chi connectivity index (χ4v) is 6.05. The molecular formula is C43H76NO9P. The van der Waals surface area contributed by atoms with Crippen molar-refractivity contribution in [2.45, 2.75) is 174 Å². The van der Waals surface area contributed by atoms with E-state index < -0.39 is 32.5 Å². The Morgan fingerprint density at radius 1 is 0.630 bits per heavy atom.